The lowest BCUT2D eigenvalue weighted by molar-refractivity contribution is 0.384. The summed E-state index contributed by atoms with van der Waals surface area (Å²) in [5.41, 5.74) is 0.877. The van der Waals surface area contributed by atoms with Crippen molar-refractivity contribution in [2.45, 2.75) is 33.2 Å². The fourth-order valence-corrected chi connectivity index (χ4v) is 1.73. The first-order valence-corrected chi connectivity index (χ1v) is 6.43. The molecular weight excluding hydrogens is 242 g/mol. The Hall–Kier alpha value is -2.11. The van der Waals surface area contributed by atoms with Gasteiger partial charge in [0.15, 0.2) is 5.76 Å². The van der Waals surface area contributed by atoms with Gasteiger partial charge in [-0.15, -0.1) is 0 Å². The smallest absolute Gasteiger partial charge is 0.156 e. The second-order valence-electron chi connectivity index (χ2n) is 4.34. The van der Waals surface area contributed by atoms with Gasteiger partial charge in [-0.3, -0.25) is 0 Å². The molecule has 0 spiro atoms. The van der Waals surface area contributed by atoms with Gasteiger partial charge < -0.3 is 15.2 Å². The highest BCUT2D eigenvalue weighted by Gasteiger charge is 2.05. The molecular formula is C13H19N5O. The number of nitrogens with one attached hydrogen (secondary N) is 2. The van der Waals surface area contributed by atoms with Crippen molar-refractivity contribution in [3.63, 3.8) is 0 Å². The van der Waals surface area contributed by atoms with Crippen LogP contribution in [0.15, 0.2) is 16.7 Å². The maximum absolute atomic E-state index is 5.15. The van der Waals surface area contributed by atoms with Crippen molar-refractivity contribution in [1.29, 1.82) is 0 Å². The first-order chi connectivity index (χ1) is 9.21. The van der Waals surface area contributed by atoms with Gasteiger partial charge in [-0.2, -0.15) is 0 Å². The van der Waals surface area contributed by atoms with E-state index in [4.69, 9.17) is 4.52 Å². The van der Waals surface area contributed by atoms with Gasteiger partial charge in [-0.1, -0.05) is 12.1 Å². The number of aromatic nitrogens is 3. The van der Waals surface area contributed by atoms with Crippen LogP contribution in [0.4, 0.5) is 11.6 Å². The molecule has 6 nitrogen and oxygen atoms in total. The van der Waals surface area contributed by atoms with E-state index in [0.29, 0.717) is 6.54 Å². The maximum atomic E-state index is 5.15. The van der Waals surface area contributed by atoms with Crippen LogP contribution in [0.5, 0.6) is 0 Å². The van der Waals surface area contributed by atoms with E-state index >= 15 is 0 Å². The van der Waals surface area contributed by atoms with Crippen LogP contribution in [0.25, 0.3) is 0 Å². The molecule has 6 heteroatoms. The molecule has 0 aliphatic rings. The summed E-state index contributed by atoms with van der Waals surface area (Å²) >= 11 is 0. The summed E-state index contributed by atoms with van der Waals surface area (Å²) in [5.74, 6) is 3.23. The van der Waals surface area contributed by atoms with Crippen LogP contribution >= 0.6 is 0 Å². The molecule has 0 aliphatic heterocycles. The van der Waals surface area contributed by atoms with Gasteiger partial charge in [0.25, 0.3) is 0 Å². The summed E-state index contributed by atoms with van der Waals surface area (Å²) in [6, 6.07) is 3.78. The molecule has 0 saturated heterocycles. The zero-order valence-corrected chi connectivity index (χ0v) is 11.5. The van der Waals surface area contributed by atoms with E-state index < -0.39 is 0 Å². The standard InChI is InChI=1S/C13H19N5O/c1-4-5-11-16-12(14-3)7-13(17-11)15-8-10-6-9(2)18-19-10/h6-7H,4-5,8H2,1-3H3,(H2,14,15,16,17). The molecule has 0 unspecified atom stereocenters. The lowest BCUT2D eigenvalue weighted by Crippen LogP contribution is -2.06. The van der Waals surface area contributed by atoms with Crippen molar-refractivity contribution in [2.75, 3.05) is 17.7 Å². The first kappa shape index (κ1) is 13.3. The largest absolute Gasteiger partial charge is 0.373 e. The molecule has 0 saturated carbocycles. The van der Waals surface area contributed by atoms with Crippen LogP contribution in [0, 0.1) is 6.92 Å². The highest BCUT2D eigenvalue weighted by atomic mass is 16.5. The van der Waals surface area contributed by atoms with E-state index in [9.17, 15) is 0 Å². The molecule has 0 aromatic carbocycles. The van der Waals surface area contributed by atoms with Gasteiger partial charge in [0.1, 0.15) is 17.5 Å². The zero-order chi connectivity index (χ0) is 13.7. The van der Waals surface area contributed by atoms with E-state index in [-0.39, 0.29) is 0 Å². The van der Waals surface area contributed by atoms with Gasteiger partial charge in [-0.05, 0) is 13.3 Å². The van der Waals surface area contributed by atoms with E-state index in [0.717, 1.165) is 41.8 Å². The van der Waals surface area contributed by atoms with Crippen molar-refractivity contribution in [2.24, 2.45) is 0 Å². The molecule has 0 atom stereocenters. The Labute approximate surface area is 112 Å². The van der Waals surface area contributed by atoms with Crippen molar-refractivity contribution >= 4 is 11.6 Å². The lowest BCUT2D eigenvalue weighted by Gasteiger charge is -2.08. The predicted molar refractivity (Wildman–Crippen MR) is 74.1 cm³/mol. The molecule has 2 aromatic heterocycles. The highest BCUT2D eigenvalue weighted by Crippen LogP contribution is 2.13. The lowest BCUT2D eigenvalue weighted by atomic mass is 10.3. The van der Waals surface area contributed by atoms with Crippen LogP contribution in [-0.4, -0.2) is 22.2 Å². The molecule has 0 aliphatic carbocycles. The average molecular weight is 261 g/mol. The monoisotopic (exact) mass is 261 g/mol. The Kier molecular flexibility index (Phi) is 4.33. The number of hydrogen-bond donors (Lipinski definition) is 2. The maximum Gasteiger partial charge on any atom is 0.156 e. The van der Waals surface area contributed by atoms with Crippen LogP contribution in [0.3, 0.4) is 0 Å². The zero-order valence-electron chi connectivity index (χ0n) is 11.5. The minimum absolute atomic E-state index is 0.562. The third-order valence-electron chi connectivity index (χ3n) is 2.62. The summed E-state index contributed by atoms with van der Waals surface area (Å²) in [7, 11) is 1.85. The Morgan fingerprint density at radius 1 is 1.21 bits per heavy atom. The van der Waals surface area contributed by atoms with E-state index in [1.165, 1.54) is 0 Å². The van der Waals surface area contributed by atoms with Gasteiger partial charge in [0.05, 0.1) is 12.2 Å². The number of nitrogens with zero attached hydrogens (tertiary/aromatic N) is 3. The minimum atomic E-state index is 0.562. The molecule has 102 valence electrons. The second kappa shape index (κ2) is 6.17. The van der Waals surface area contributed by atoms with Gasteiger partial charge >= 0.3 is 0 Å². The molecule has 0 amide bonds. The first-order valence-electron chi connectivity index (χ1n) is 6.43. The molecule has 2 N–H and O–H groups in total. The molecule has 19 heavy (non-hydrogen) atoms. The third kappa shape index (κ3) is 3.67. The fraction of sp³-hybridized carbons (Fsp3) is 0.462. The Morgan fingerprint density at radius 2 is 2.00 bits per heavy atom. The van der Waals surface area contributed by atoms with Crippen LogP contribution in [0.2, 0.25) is 0 Å². The summed E-state index contributed by atoms with van der Waals surface area (Å²) in [6.45, 7) is 4.57. The Morgan fingerprint density at radius 3 is 2.63 bits per heavy atom. The van der Waals surface area contributed by atoms with Gasteiger partial charge in [0, 0.05) is 25.6 Å². The Balaban J connectivity index is 2.08. The predicted octanol–water partition coefficient (Wildman–Crippen LogP) is 2.38. The number of aryl methyl sites for hydroxylation is 2. The topological polar surface area (TPSA) is 75.9 Å². The van der Waals surface area contributed by atoms with Crippen molar-refractivity contribution in [3.05, 3.63) is 29.4 Å². The van der Waals surface area contributed by atoms with E-state index in [1.807, 2.05) is 26.1 Å². The molecule has 2 heterocycles. The second-order valence-corrected chi connectivity index (χ2v) is 4.34. The van der Waals surface area contributed by atoms with E-state index in [1.54, 1.807) is 0 Å². The summed E-state index contributed by atoms with van der Waals surface area (Å²) in [6.07, 6.45) is 1.89. The molecule has 0 fully saturated rings. The highest BCUT2D eigenvalue weighted by molar-refractivity contribution is 5.47. The fourth-order valence-electron chi connectivity index (χ4n) is 1.73. The molecule has 2 aromatic rings. The van der Waals surface area contributed by atoms with E-state index in [2.05, 4.69) is 32.7 Å². The molecule has 0 bridgehead atoms. The van der Waals surface area contributed by atoms with Gasteiger partial charge in [-0.25, -0.2) is 9.97 Å². The average Bonchev–Trinajstić information content (AvgIpc) is 2.82. The number of anilines is 2. The van der Waals surface area contributed by atoms with Crippen molar-refractivity contribution < 1.29 is 4.52 Å². The molecule has 0 radical (unpaired) electrons. The summed E-state index contributed by atoms with van der Waals surface area (Å²) < 4.78 is 5.15. The normalized spacial score (nSPS) is 10.5. The quantitative estimate of drug-likeness (QED) is 0.831. The van der Waals surface area contributed by atoms with Crippen molar-refractivity contribution in [3.8, 4) is 0 Å². The van der Waals surface area contributed by atoms with Crippen molar-refractivity contribution in [1.82, 2.24) is 15.1 Å². The van der Waals surface area contributed by atoms with Crippen LogP contribution < -0.4 is 10.6 Å². The van der Waals surface area contributed by atoms with Crippen LogP contribution in [-0.2, 0) is 13.0 Å². The number of hydrogen-bond acceptors (Lipinski definition) is 6. The summed E-state index contributed by atoms with van der Waals surface area (Å²) in [5, 5.41) is 10.1. The minimum Gasteiger partial charge on any atom is -0.373 e. The Bertz CT molecular complexity index is 538. The SMILES string of the molecule is CCCc1nc(NC)cc(NCc2cc(C)no2)n1. The third-order valence-corrected chi connectivity index (χ3v) is 2.62. The van der Waals surface area contributed by atoms with Crippen LogP contribution in [0.1, 0.15) is 30.6 Å². The number of rotatable bonds is 6. The molecule has 2 rings (SSSR count). The summed E-state index contributed by atoms with van der Waals surface area (Å²) in [4.78, 5) is 8.87. The van der Waals surface area contributed by atoms with Gasteiger partial charge in [0.2, 0.25) is 0 Å².